The second kappa shape index (κ2) is 6.48. The van der Waals surface area contributed by atoms with Gasteiger partial charge in [0.15, 0.2) is 0 Å². The molecule has 0 fully saturated rings. The molecule has 1 aromatic carbocycles. The van der Waals surface area contributed by atoms with Crippen molar-refractivity contribution >= 4 is 17.5 Å². The molecule has 7 heteroatoms. The van der Waals surface area contributed by atoms with E-state index in [2.05, 4.69) is 15.3 Å². The second-order valence-corrected chi connectivity index (χ2v) is 3.82. The number of anilines is 1. The van der Waals surface area contributed by atoms with Crippen LogP contribution in [0.5, 0.6) is 0 Å². The van der Waals surface area contributed by atoms with Crippen LogP contribution in [-0.4, -0.2) is 23.3 Å². The number of amidine groups is 1. The fourth-order valence-electron chi connectivity index (χ4n) is 1.29. The first-order valence-corrected chi connectivity index (χ1v) is 5.68. The van der Waals surface area contributed by atoms with Gasteiger partial charge >= 0.3 is 11.8 Å². The van der Waals surface area contributed by atoms with E-state index >= 15 is 0 Å². The third kappa shape index (κ3) is 4.06. The Labute approximate surface area is 110 Å². The molecule has 0 saturated heterocycles. The largest absolute Gasteiger partial charge is 0.473 e. The van der Waals surface area contributed by atoms with Gasteiger partial charge in [0.25, 0.3) is 0 Å². The monoisotopic (exact) mass is 265 g/mol. The zero-order valence-corrected chi connectivity index (χ0v) is 11.0. The molecule has 7 nitrogen and oxygen atoms in total. The summed E-state index contributed by atoms with van der Waals surface area (Å²) < 4.78 is 4.55. The summed E-state index contributed by atoms with van der Waals surface area (Å²) in [5.74, 6) is -1.94. The van der Waals surface area contributed by atoms with E-state index in [0.717, 1.165) is 11.1 Å². The summed E-state index contributed by atoms with van der Waals surface area (Å²) in [6.07, 6.45) is 0. The zero-order valence-electron chi connectivity index (χ0n) is 11.0. The number of nitrogens with one attached hydrogen (secondary N) is 1. The number of carbonyl (C=O) groups is 1. The van der Waals surface area contributed by atoms with Crippen molar-refractivity contribution in [2.75, 3.05) is 12.0 Å². The van der Waals surface area contributed by atoms with Crippen LogP contribution < -0.4 is 5.43 Å². The van der Waals surface area contributed by atoms with Crippen molar-refractivity contribution in [3.05, 3.63) is 39.4 Å². The summed E-state index contributed by atoms with van der Waals surface area (Å²) in [4.78, 5) is 21.1. The Morgan fingerprint density at radius 3 is 2.63 bits per heavy atom. The van der Waals surface area contributed by atoms with Gasteiger partial charge in [-0.25, -0.2) is 4.79 Å². The molecule has 0 unspecified atom stereocenters. The smallest absolute Gasteiger partial charge is 0.457 e. The average molecular weight is 265 g/mol. The summed E-state index contributed by atoms with van der Waals surface area (Å²) in [6, 6.07) is 5.35. The van der Waals surface area contributed by atoms with Crippen molar-refractivity contribution in [3.8, 4) is 0 Å². The maximum Gasteiger partial charge on any atom is 0.473 e. The molecule has 0 atom stereocenters. The molecular weight excluding hydrogens is 250 g/mol. The molecule has 1 N–H and O–H groups in total. The first kappa shape index (κ1) is 14.6. The van der Waals surface area contributed by atoms with E-state index in [1.165, 1.54) is 0 Å². The van der Waals surface area contributed by atoms with E-state index in [1.807, 2.05) is 19.9 Å². The van der Waals surface area contributed by atoms with Gasteiger partial charge in [0.1, 0.15) is 0 Å². The van der Waals surface area contributed by atoms with Gasteiger partial charge < -0.3 is 14.9 Å². The summed E-state index contributed by atoms with van der Waals surface area (Å²) in [7, 11) is 0. The number of carbonyl (C=O) groups excluding carboxylic acids is 1. The highest BCUT2D eigenvalue weighted by Crippen LogP contribution is 2.14. The number of hydrazone groups is 1. The van der Waals surface area contributed by atoms with E-state index in [9.17, 15) is 14.9 Å². The number of esters is 1. The predicted octanol–water partition coefficient (Wildman–Crippen LogP) is 1.87. The van der Waals surface area contributed by atoms with Crippen molar-refractivity contribution in [1.29, 1.82) is 0 Å². The highest BCUT2D eigenvalue weighted by atomic mass is 16.6. The molecule has 1 rings (SSSR count). The molecule has 0 heterocycles. The van der Waals surface area contributed by atoms with Crippen molar-refractivity contribution in [3.63, 3.8) is 0 Å². The van der Waals surface area contributed by atoms with E-state index in [4.69, 9.17) is 0 Å². The Balaban J connectivity index is 2.89. The van der Waals surface area contributed by atoms with Gasteiger partial charge in [-0.3, -0.25) is 0 Å². The molecule has 0 aromatic heterocycles. The van der Waals surface area contributed by atoms with Crippen LogP contribution in [0.3, 0.4) is 0 Å². The lowest BCUT2D eigenvalue weighted by atomic mass is 10.1. The van der Waals surface area contributed by atoms with Crippen LogP contribution in [0.1, 0.15) is 18.1 Å². The molecule has 0 spiro atoms. The van der Waals surface area contributed by atoms with E-state index in [1.54, 1.807) is 19.1 Å². The average Bonchev–Trinajstić information content (AvgIpc) is 2.33. The summed E-state index contributed by atoms with van der Waals surface area (Å²) >= 11 is 0. The van der Waals surface area contributed by atoms with Crippen LogP contribution in [0.2, 0.25) is 0 Å². The summed E-state index contributed by atoms with van der Waals surface area (Å²) in [5.41, 5.74) is 5.15. The molecule has 0 aliphatic heterocycles. The predicted molar refractivity (Wildman–Crippen MR) is 70.6 cm³/mol. The minimum Gasteiger partial charge on any atom is -0.457 e. The minimum atomic E-state index is -1.07. The third-order valence-electron chi connectivity index (χ3n) is 2.43. The Morgan fingerprint density at radius 2 is 2.11 bits per heavy atom. The lowest BCUT2D eigenvalue weighted by Gasteiger charge is -2.02. The van der Waals surface area contributed by atoms with Gasteiger partial charge in [0.2, 0.25) is 0 Å². The molecule has 0 radical (unpaired) electrons. The van der Waals surface area contributed by atoms with Crippen LogP contribution >= 0.6 is 0 Å². The van der Waals surface area contributed by atoms with E-state index < -0.39 is 16.7 Å². The normalized spacial score (nSPS) is 11.0. The van der Waals surface area contributed by atoms with Crippen molar-refractivity contribution in [1.82, 2.24) is 0 Å². The number of ether oxygens (including phenoxy) is 1. The number of rotatable bonds is 3. The quantitative estimate of drug-likeness (QED) is 0.296. The highest BCUT2D eigenvalue weighted by Gasteiger charge is 2.26. The second-order valence-electron chi connectivity index (χ2n) is 3.82. The SMILES string of the molecule is CCOC(=O)/C(=N/Nc1ccc(C)c(C)c1)[N+](=O)[O-]. The standard InChI is InChI=1S/C12H15N3O4/c1-4-19-12(16)11(15(17)18)14-13-10-6-5-8(2)9(3)7-10/h5-7,13H,4H2,1-3H3/b14-11-. The van der Waals surface area contributed by atoms with Gasteiger partial charge in [-0.15, -0.1) is 0 Å². The van der Waals surface area contributed by atoms with E-state index in [0.29, 0.717) is 5.69 Å². The first-order chi connectivity index (χ1) is 8.95. The third-order valence-corrected chi connectivity index (χ3v) is 2.43. The number of hydrogen-bond donors (Lipinski definition) is 1. The van der Waals surface area contributed by atoms with Gasteiger partial charge in [-0.05, 0) is 49.0 Å². The fourth-order valence-corrected chi connectivity index (χ4v) is 1.29. The van der Waals surface area contributed by atoms with E-state index in [-0.39, 0.29) is 6.61 Å². The van der Waals surface area contributed by atoms with Crippen molar-refractivity contribution in [2.45, 2.75) is 20.8 Å². The van der Waals surface area contributed by atoms with Crippen molar-refractivity contribution in [2.24, 2.45) is 5.10 Å². The number of hydrogen-bond acceptors (Lipinski definition) is 6. The molecular formula is C12H15N3O4. The lowest BCUT2D eigenvalue weighted by Crippen LogP contribution is -2.26. The van der Waals surface area contributed by atoms with Gasteiger partial charge in [0, 0.05) is 0 Å². The molecule has 19 heavy (non-hydrogen) atoms. The van der Waals surface area contributed by atoms with Crippen LogP contribution in [-0.2, 0) is 9.53 Å². The minimum absolute atomic E-state index is 0.0509. The van der Waals surface area contributed by atoms with Gasteiger partial charge in [-0.2, -0.15) is 5.43 Å². The number of aryl methyl sites for hydroxylation is 2. The first-order valence-electron chi connectivity index (χ1n) is 5.68. The lowest BCUT2D eigenvalue weighted by molar-refractivity contribution is -0.350. The van der Waals surface area contributed by atoms with Gasteiger partial charge in [-0.1, -0.05) is 6.07 Å². The number of benzene rings is 1. The van der Waals surface area contributed by atoms with Crippen molar-refractivity contribution < 1.29 is 14.5 Å². The summed E-state index contributed by atoms with van der Waals surface area (Å²) in [5, 5.41) is 14.2. The summed E-state index contributed by atoms with van der Waals surface area (Å²) in [6.45, 7) is 5.47. The van der Waals surface area contributed by atoms with Crippen LogP contribution in [0.15, 0.2) is 23.3 Å². The van der Waals surface area contributed by atoms with Crippen LogP contribution in [0.4, 0.5) is 5.69 Å². The van der Waals surface area contributed by atoms with Crippen LogP contribution in [0.25, 0.3) is 0 Å². The Bertz CT molecular complexity index is 526. The Kier molecular flexibility index (Phi) is 4.99. The topological polar surface area (TPSA) is 93.8 Å². The number of nitro groups is 1. The molecule has 0 aliphatic carbocycles. The maximum absolute atomic E-state index is 11.3. The molecule has 0 aliphatic rings. The zero-order chi connectivity index (χ0) is 14.4. The van der Waals surface area contributed by atoms with Crippen LogP contribution in [0, 0.1) is 24.0 Å². The molecule has 102 valence electrons. The molecule has 0 amide bonds. The Morgan fingerprint density at radius 1 is 1.42 bits per heavy atom. The maximum atomic E-state index is 11.3. The fraction of sp³-hybridized carbons (Fsp3) is 0.333. The molecule has 0 bridgehead atoms. The van der Waals surface area contributed by atoms with Gasteiger partial charge in [0.05, 0.1) is 17.4 Å². The molecule has 0 saturated carbocycles. The Hall–Kier alpha value is -2.44. The highest BCUT2D eigenvalue weighted by molar-refractivity contribution is 6.31. The molecule has 1 aromatic rings. The number of nitrogens with zero attached hydrogens (tertiary/aromatic N) is 2.